The highest BCUT2D eigenvalue weighted by molar-refractivity contribution is 7.90. The lowest BCUT2D eigenvalue weighted by Gasteiger charge is -2.09. The molecule has 0 saturated carbocycles. The van der Waals surface area contributed by atoms with Gasteiger partial charge in [-0.2, -0.15) is 0 Å². The maximum absolute atomic E-state index is 11.2. The van der Waals surface area contributed by atoms with Crippen LogP contribution in [0.2, 0.25) is 0 Å². The number of hydrogen-bond acceptors (Lipinski definition) is 5. The van der Waals surface area contributed by atoms with Gasteiger partial charge in [-0.05, 0) is 24.3 Å². The van der Waals surface area contributed by atoms with Crippen molar-refractivity contribution >= 4 is 15.7 Å². The van der Waals surface area contributed by atoms with Gasteiger partial charge in [0.25, 0.3) is 0 Å². The summed E-state index contributed by atoms with van der Waals surface area (Å²) < 4.78 is 27.7. The summed E-state index contributed by atoms with van der Waals surface area (Å²) in [6.45, 7) is 0.238. The Bertz CT molecular complexity index is 510. The van der Waals surface area contributed by atoms with Crippen molar-refractivity contribution in [3.8, 4) is 5.75 Å². The number of amides is 1. The molecule has 100 valence electrons. The van der Waals surface area contributed by atoms with Crippen molar-refractivity contribution in [1.82, 2.24) is 0 Å². The highest BCUT2D eigenvalue weighted by Crippen LogP contribution is 2.15. The minimum absolute atomic E-state index is 0.226. The van der Waals surface area contributed by atoms with Crippen molar-refractivity contribution < 1.29 is 17.9 Å². The molecule has 0 saturated heterocycles. The summed E-state index contributed by atoms with van der Waals surface area (Å²) in [5, 5.41) is 0. The highest BCUT2D eigenvalue weighted by Gasteiger charge is 2.09. The van der Waals surface area contributed by atoms with Crippen LogP contribution in [0.5, 0.6) is 5.75 Å². The second kappa shape index (κ2) is 5.83. The van der Waals surface area contributed by atoms with Crippen molar-refractivity contribution in [1.29, 1.82) is 0 Å². The average molecular weight is 272 g/mol. The third-order valence-electron chi connectivity index (χ3n) is 2.31. The van der Waals surface area contributed by atoms with Crippen LogP contribution in [-0.2, 0) is 14.6 Å². The summed E-state index contributed by atoms with van der Waals surface area (Å²) in [5.41, 5.74) is 10.4. The summed E-state index contributed by atoms with van der Waals surface area (Å²) >= 11 is 0. The molecule has 0 aliphatic carbocycles. The van der Waals surface area contributed by atoms with Gasteiger partial charge in [0.1, 0.15) is 5.75 Å². The van der Waals surface area contributed by atoms with Crippen LogP contribution in [0.4, 0.5) is 0 Å². The van der Waals surface area contributed by atoms with Crippen molar-refractivity contribution in [3.63, 3.8) is 0 Å². The third kappa shape index (κ3) is 4.34. The third-order valence-corrected chi connectivity index (χ3v) is 3.44. The molecule has 1 rings (SSSR count). The van der Waals surface area contributed by atoms with Crippen molar-refractivity contribution in [2.24, 2.45) is 11.5 Å². The molecule has 0 aromatic heterocycles. The Kier molecular flexibility index (Phi) is 4.69. The van der Waals surface area contributed by atoms with E-state index in [-0.39, 0.29) is 11.5 Å². The van der Waals surface area contributed by atoms with Crippen LogP contribution in [0, 0.1) is 0 Å². The Balaban J connectivity index is 2.52. The van der Waals surface area contributed by atoms with E-state index in [4.69, 9.17) is 16.2 Å². The average Bonchev–Trinajstić information content (AvgIpc) is 2.28. The molecule has 0 spiro atoms. The Morgan fingerprint density at radius 1 is 1.33 bits per heavy atom. The summed E-state index contributed by atoms with van der Waals surface area (Å²) in [4.78, 5) is 10.9. The van der Waals surface area contributed by atoms with E-state index >= 15 is 0 Å². The Hall–Kier alpha value is -1.60. The van der Waals surface area contributed by atoms with Crippen molar-refractivity contribution in [3.05, 3.63) is 24.3 Å². The maximum atomic E-state index is 11.2. The number of hydrogen-bond donors (Lipinski definition) is 2. The minimum atomic E-state index is -3.20. The second-order valence-electron chi connectivity index (χ2n) is 3.89. The largest absolute Gasteiger partial charge is 0.494 e. The zero-order chi connectivity index (χ0) is 13.8. The summed E-state index contributed by atoms with van der Waals surface area (Å²) in [5.74, 6) is -0.0647. The summed E-state index contributed by atoms with van der Waals surface area (Å²) in [7, 11) is -3.20. The fourth-order valence-electron chi connectivity index (χ4n) is 1.23. The highest BCUT2D eigenvalue weighted by atomic mass is 32.2. The maximum Gasteiger partial charge on any atom is 0.234 e. The first-order chi connectivity index (χ1) is 8.30. The fraction of sp³-hybridized carbons (Fsp3) is 0.364. The minimum Gasteiger partial charge on any atom is -0.494 e. The fourth-order valence-corrected chi connectivity index (χ4v) is 1.86. The molecule has 1 atom stereocenters. The number of ether oxygens (including phenoxy) is 1. The van der Waals surface area contributed by atoms with Gasteiger partial charge < -0.3 is 16.2 Å². The topological polar surface area (TPSA) is 112 Å². The van der Waals surface area contributed by atoms with Gasteiger partial charge in [0.05, 0.1) is 17.5 Å². The SMILES string of the molecule is CS(=O)(=O)c1ccc(OCCC(N)C(N)=O)cc1. The number of benzene rings is 1. The van der Waals surface area contributed by atoms with Gasteiger partial charge in [0, 0.05) is 12.7 Å². The van der Waals surface area contributed by atoms with Gasteiger partial charge in [-0.1, -0.05) is 0 Å². The molecule has 18 heavy (non-hydrogen) atoms. The lowest BCUT2D eigenvalue weighted by atomic mass is 10.2. The normalized spacial score (nSPS) is 13.0. The smallest absolute Gasteiger partial charge is 0.234 e. The monoisotopic (exact) mass is 272 g/mol. The van der Waals surface area contributed by atoms with Gasteiger partial charge in [-0.3, -0.25) is 4.79 Å². The molecule has 1 aromatic rings. The van der Waals surface area contributed by atoms with E-state index in [1.807, 2.05) is 0 Å². The summed E-state index contributed by atoms with van der Waals surface area (Å²) in [6.07, 6.45) is 1.44. The van der Waals surface area contributed by atoms with E-state index in [1.165, 1.54) is 12.1 Å². The van der Waals surface area contributed by atoms with Crippen LogP contribution in [0.15, 0.2) is 29.2 Å². The molecule has 4 N–H and O–H groups in total. The van der Waals surface area contributed by atoms with Crippen LogP contribution in [0.25, 0.3) is 0 Å². The van der Waals surface area contributed by atoms with Crippen molar-refractivity contribution in [2.75, 3.05) is 12.9 Å². The Labute approximate surface area is 106 Å². The van der Waals surface area contributed by atoms with Crippen LogP contribution in [-0.4, -0.2) is 33.2 Å². The molecule has 0 heterocycles. The molecule has 0 fully saturated rings. The Morgan fingerprint density at radius 3 is 2.33 bits per heavy atom. The Morgan fingerprint density at radius 2 is 1.89 bits per heavy atom. The predicted molar refractivity (Wildman–Crippen MR) is 66.8 cm³/mol. The van der Waals surface area contributed by atoms with Gasteiger partial charge in [-0.25, -0.2) is 8.42 Å². The second-order valence-corrected chi connectivity index (χ2v) is 5.91. The van der Waals surface area contributed by atoms with E-state index in [9.17, 15) is 13.2 Å². The molecule has 0 bridgehead atoms. The number of rotatable bonds is 6. The van der Waals surface area contributed by atoms with Gasteiger partial charge >= 0.3 is 0 Å². The van der Waals surface area contributed by atoms with Crippen molar-refractivity contribution in [2.45, 2.75) is 17.4 Å². The number of carbonyl (C=O) groups is 1. The molecule has 6 nitrogen and oxygen atoms in total. The first-order valence-electron chi connectivity index (χ1n) is 5.28. The van der Waals surface area contributed by atoms with Crippen LogP contribution < -0.4 is 16.2 Å². The molecule has 7 heteroatoms. The predicted octanol–water partition coefficient (Wildman–Crippen LogP) is -0.328. The molecular formula is C11H16N2O4S. The van der Waals surface area contributed by atoms with E-state index in [0.717, 1.165) is 6.26 Å². The molecule has 0 radical (unpaired) electrons. The van der Waals surface area contributed by atoms with Crippen LogP contribution >= 0.6 is 0 Å². The summed E-state index contributed by atoms with van der Waals surface area (Å²) in [6, 6.07) is 5.27. The molecule has 0 aliphatic rings. The van der Waals surface area contributed by atoms with Gasteiger partial charge in [0.2, 0.25) is 5.91 Å². The van der Waals surface area contributed by atoms with Crippen LogP contribution in [0.3, 0.4) is 0 Å². The van der Waals surface area contributed by atoms with Gasteiger partial charge in [0.15, 0.2) is 9.84 Å². The molecule has 1 amide bonds. The number of nitrogens with two attached hydrogens (primary N) is 2. The zero-order valence-electron chi connectivity index (χ0n) is 10.00. The lowest BCUT2D eigenvalue weighted by molar-refractivity contribution is -0.119. The molecule has 1 aromatic carbocycles. The van der Waals surface area contributed by atoms with E-state index in [2.05, 4.69) is 0 Å². The lowest BCUT2D eigenvalue weighted by Crippen LogP contribution is -2.37. The standard InChI is InChI=1S/C11H16N2O4S/c1-18(15,16)9-4-2-8(3-5-9)17-7-6-10(12)11(13)14/h2-5,10H,6-7,12H2,1H3,(H2,13,14). The van der Waals surface area contributed by atoms with E-state index in [1.54, 1.807) is 12.1 Å². The van der Waals surface area contributed by atoms with E-state index < -0.39 is 21.8 Å². The van der Waals surface area contributed by atoms with Crippen LogP contribution in [0.1, 0.15) is 6.42 Å². The molecule has 0 aliphatic heterocycles. The number of primary amides is 1. The quantitative estimate of drug-likeness (QED) is 0.736. The first kappa shape index (κ1) is 14.5. The van der Waals surface area contributed by atoms with E-state index in [0.29, 0.717) is 12.2 Å². The zero-order valence-corrected chi connectivity index (χ0v) is 10.8. The number of carbonyl (C=O) groups excluding carboxylic acids is 1. The molecule has 1 unspecified atom stereocenters. The first-order valence-corrected chi connectivity index (χ1v) is 7.17. The number of sulfone groups is 1. The van der Waals surface area contributed by atoms with Gasteiger partial charge in [-0.15, -0.1) is 0 Å². The molecular weight excluding hydrogens is 256 g/mol.